The summed E-state index contributed by atoms with van der Waals surface area (Å²) in [6, 6.07) is 7.19. The largest absolute Gasteiger partial charge is 0.497 e. The molecule has 0 amide bonds. The number of hydrogen-bond acceptors (Lipinski definition) is 4. The topological polar surface area (TPSA) is 47.7 Å². The first-order valence-corrected chi connectivity index (χ1v) is 7.87. The molecule has 0 bridgehead atoms. The Kier molecular flexibility index (Phi) is 4.20. The van der Waals surface area contributed by atoms with Crippen molar-refractivity contribution in [1.82, 2.24) is 4.90 Å². The Bertz CT molecular complexity index is 506. The van der Waals surface area contributed by atoms with E-state index >= 15 is 0 Å². The third kappa shape index (κ3) is 2.68. The summed E-state index contributed by atoms with van der Waals surface area (Å²) < 4.78 is 11.1. The molecule has 116 valence electrons. The van der Waals surface area contributed by atoms with Gasteiger partial charge in [0, 0.05) is 24.7 Å². The molecule has 2 N–H and O–H groups in total. The van der Waals surface area contributed by atoms with Crippen LogP contribution >= 0.6 is 0 Å². The van der Waals surface area contributed by atoms with Gasteiger partial charge in [0.05, 0.1) is 13.2 Å². The number of methoxy groups -OCH3 is 1. The van der Waals surface area contributed by atoms with Crippen LogP contribution in [0.5, 0.6) is 5.75 Å². The second-order valence-electron chi connectivity index (χ2n) is 6.29. The van der Waals surface area contributed by atoms with E-state index < -0.39 is 0 Å². The minimum atomic E-state index is 0.0432. The van der Waals surface area contributed by atoms with Crippen molar-refractivity contribution < 1.29 is 9.47 Å². The smallest absolute Gasteiger partial charge is 0.119 e. The molecule has 4 heteroatoms. The van der Waals surface area contributed by atoms with Crippen LogP contribution in [0.3, 0.4) is 0 Å². The predicted molar refractivity (Wildman–Crippen MR) is 83.6 cm³/mol. The quantitative estimate of drug-likeness (QED) is 0.926. The summed E-state index contributed by atoms with van der Waals surface area (Å²) in [6.45, 7) is 3.03. The lowest BCUT2D eigenvalue weighted by atomic mass is 9.83. The molecule has 4 unspecified atom stereocenters. The zero-order chi connectivity index (χ0) is 15.0. The van der Waals surface area contributed by atoms with Gasteiger partial charge in [-0.05, 0) is 56.5 Å². The first kappa shape index (κ1) is 14.8. The fourth-order valence-corrected chi connectivity index (χ4v) is 3.89. The van der Waals surface area contributed by atoms with Crippen molar-refractivity contribution in [3.8, 4) is 5.75 Å². The van der Waals surface area contributed by atoms with Crippen LogP contribution in [0, 0.1) is 0 Å². The number of nitrogens with zero attached hydrogens (tertiary/aromatic N) is 1. The maximum absolute atomic E-state index is 6.59. The summed E-state index contributed by atoms with van der Waals surface area (Å²) in [6.07, 6.45) is 3.60. The number of nitrogens with two attached hydrogens (primary N) is 1. The van der Waals surface area contributed by atoms with E-state index in [1.807, 2.05) is 6.07 Å². The fraction of sp³-hybridized carbons (Fsp3) is 0.647. The second kappa shape index (κ2) is 5.95. The molecule has 1 aliphatic carbocycles. The SMILES string of the molecule is COc1ccc2c(c1)C(N)C(N(C)C1CCOC1C)CC2. The number of ether oxygens (including phenoxy) is 2. The lowest BCUT2D eigenvalue weighted by Crippen LogP contribution is -2.50. The van der Waals surface area contributed by atoms with Gasteiger partial charge in [0.2, 0.25) is 0 Å². The van der Waals surface area contributed by atoms with Crippen molar-refractivity contribution in [1.29, 1.82) is 0 Å². The zero-order valence-electron chi connectivity index (χ0n) is 13.2. The summed E-state index contributed by atoms with van der Waals surface area (Å²) >= 11 is 0. The Morgan fingerprint density at radius 3 is 2.76 bits per heavy atom. The van der Waals surface area contributed by atoms with Gasteiger partial charge in [-0.3, -0.25) is 4.90 Å². The number of hydrogen-bond donors (Lipinski definition) is 1. The van der Waals surface area contributed by atoms with Crippen LogP contribution in [-0.2, 0) is 11.2 Å². The lowest BCUT2D eigenvalue weighted by molar-refractivity contribution is 0.0574. The van der Waals surface area contributed by atoms with Gasteiger partial charge in [0.25, 0.3) is 0 Å². The molecule has 0 spiro atoms. The standard InChI is InChI=1S/C17H26N2O2/c1-11-15(8-9-21-11)19(2)16-7-5-12-4-6-13(20-3)10-14(12)17(16)18/h4,6,10-11,15-17H,5,7-9,18H2,1-3H3. The van der Waals surface area contributed by atoms with E-state index in [2.05, 4.69) is 31.0 Å². The average Bonchev–Trinajstić information content (AvgIpc) is 2.93. The van der Waals surface area contributed by atoms with Crippen molar-refractivity contribution in [3.63, 3.8) is 0 Å². The number of rotatable bonds is 3. The van der Waals surface area contributed by atoms with Crippen LogP contribution in [0.4, 0.5) is 0 Å². The van der Waals surface area contributed by atoms with Crippen molar-refractivity contribution in [2.45, 2.75) is 50.4 Å². The summed E-state index contributed by atoms with van der Waals surface area (Å²) in [5.41, 5.74) is 9.19. The molecule has 21 heavy (non-hydrogen) atoms. The number of fused-ring (bicyclic) bond motifs is 1. The molecular formula is C17H26N2O2. The van der Waals surface area contributed by atoms with Gasteiger partial charge in [-0.1, -0.05) is 6.07 Å². The molecule has 4 atom stereocenters. The molecule has 0 aromatic heterocycles. The highest BCUT2D eigenvalue weighted by Gasteiger charge is 2.36. The van der Waals surface area contributed by atoms with Crippen molar-refractivity contribution in [2.75, 3.05) is 20.8 Å². The van der Waals surface area contributed by atoms with E-state index in [9.17, 15) is 0 Å². The van der Waals surface area contributed by atoms with E-state index in [1.165, 1.54) is 11.1 Å². The molecule has 1 fully saturated rings. The molecule has 1 aromatic rings. The second-order valence-corrected chi connectivity index (χ2v) is 6.29. The van der Waals surface area contributed by atoms with Crippen LogP contribution < -0.4 is 10.5 Å². The Morgan fingerprint density at radius 1 is 1.29 bits per heavy atom. The van der Waals surface area contributed by atoms with Gasteiger partial charge >= 0.3 is 0 Å². The summed E-state index contributed by atoms with van der Waals surface area (Å²) in [7, 11) is 3.91. The van der Waals surface area contributed by atoms with E-state index in [1.54, 1.807) is 7.11 Å². The molecule has 1 aromatic carbocycles. The van der Waals surface area contributed by atoms with Crippen molar-refractivity contribution in [2.24, 2.45) is 5.73 Å². The normalized spacial score (nSPS) is 32.2. The van der Waals surface area contributed by atoms with Crippen LogP contribution in [-0.4, -0.2) is 43.9 Å². The molecule has 1 heterocycles. The van der Waals surface area contributed by atoms with Gasteiger partial charge in [-0.15, -0.1) is 0 Å². The molecule has 0 radical (unpaired) electrons. The summed E-state index contributed by atoms with van der Waals surface area (Å²) in [5, 5.41) is 0. The molecule has 4 nitrogen and oxygen atoms in total. The Hall–Kier alpha value is -1.10. The highest BCUT2D eigenvalue weighted by Crippen LogP contribution is 2.35. The maximum atomic E-state index is 6.59. The van der Waals surface area contributed by atoms with Crippen LogP contribution in [0.15, 0.2) is 18.2 Å². The molecule has 1 saturated heterocycles. The molecule has 3 rings (SSSR count). The number of aryl methyl sites for hydroxylation is 1. The Balaban J connectivity index is 1.82. The minimum absolute atomic E-state index is 0.0432. The number of likely N-dealkylation sites (N-methyl/N-ethyl adjacent to an activating group) is 1. The monoisotopic (exact) mass is 290 g/mol. The lowest BCUT2D eigenvalue weighted by Gasteiger charge is -2.41. The summed E-state index contributed by atoms with van der Waals surface area (Å²) in [4.78, 5) is 2.45. The molecular weight excluding hydrogens is 264 g/mol. The first-order valence-electron chi connectivity index (χ1n) is 7.87. The third-order valence-electron chi connectivity index (χ3n) is 5.22. The van der Waals surface area contributed by atoms with Crippen LogP contribution in [0.2, 0.25) is 0 Å². The highest BCUT2D eigenvalue weighted by molar-refractivity contribution is 5.40. The van der Waals surface area contributed by atoms with Crippen LogP contribution in [0.1, 0.15) is 36.9 Å². The highest BCUT2D eigenvalue weighted by atomic mass is 16.5. The fourth-order valence-electron chi connectivity index (χ4n) is 3.89. The van der Waals surface area contributed by atoms with Gasteiger partial charge in [0.15, 0.2) is 0 Å². The van der Waals surface area contributed by atoms with E-state index in [4.69, 9.17) is 15.2 Å². The molecule has 2 aliphatic rings. The van der Waals surface area contributed by atoms with E-state index in [0.717, 1.165) is 31.6 Å². The average molecular weight is 290 g/mol. The summed E-state index contributed by atoms with van der Waals surface area (Å²) in [5.74, 6) is 0.894. The van der Waals surface area contributed by atoms with Gasteiger partial charge in [-0.25, -0.2) is 0 Å². The van der Waals surface area contributed by atoms with Gasteiger partial charge in [-0.2, -0.15) is 0 Å². The van der Waals surface area contributed by atoms with Crippen molar-refractivity contribution in [3.05, 3.63) is 29.3 Å². The number of benzene rings is 1. The predicted octanol–water partition coefficient (Wildman–Crippen LogP) is 2.12. The van der Waals surface area contributed by atoms with Gasteiger partial charge in [0.1, 0.15) is 5.75 Å². The molecule has 0 saturated carbocycles. The zero-order valence-corrected chi connectivity index (χ0v) is 13.2. The Labute approximate surface area is 127 Å². The minimum Gasteiger partial charge on any atom is -0.497 e. The Morgan fingerprint density at radius 2 is 2.10 bits per heavy atom. The molecule has 1 aliphatic heterocycles. The van der Waals surface area contributed by atoms with E-state index in [0.29, 0.717) is 18.2 Å². The third-order valence-corrected chi connectivity index (χ3v) is 5.22. The first-order chi connectivity index (χ1) is 10.1. The van der Waals surface area contributed by atoms with Crippen LogP contribution in [0.25, 0.3) is 0 Å². The van der Waals surface area contributed by atoms with Crippen molar-refractivity contribution >= 4 is 0 Å². The maximum Gasteiger partial charge on any atom is 0.119 e. The van der Waals surface area contributed by atoms with E-state index in [-0.39, 0.29) is 6.04 Å². The van der Waals surface area contributed by atoms with Gasteiger partial charge < -0.3 is 15.2 Å².